The number of rotatable bonds is 4. The first kappa shape index (κ1) is 15.5. The van der Waals surface area contributed by atoms with Gasteiger partial charge in [0.2, 0.25) is 0 Å². The molecule has 1 aromatic rings. The van der Waals surface area contributed by atoms with Crippen LogP contribution in [0.4, 0.5) is 0 Å². The number of nitrogens with zero attached hydrogens (tertiary/aromatic N) is 1. The number of ketones is 1. The number of aliphatic imine (C=N–C) groups is 1. The second kappa shape index (κ2) is 6.25. The Bertz CT molecular complexity index is 570. The molecule has 1 aliphatic rings. The molecule has 0 radical (unpaired) electrons. The Morgan fingerprint density at radius 3 is 2.57 bits per heavy atom. The largest absolute Gasteiger partial charge is 0.511 e. The number of benzene rings is 1. The minimum absolute atomic E-state index is 0.0140. The van der Waals surface area contributed by atoms with Crippen molar-refractivity contribution in [3.63, 3.8) is 0 Å². The summed E-state index contributed by atoms with van der Waals surface area (Å²) in [5, 5.41) is 10.0. The van der Waals surface area contributed by atoms with Crippen molar-refractivity contribution < 1.29 is 9.90 Å². The van der Waals surface area contributed by atoms with Gasteiger partial charge in [0.15, 0.2) is 5.78 Å². The molecule has 0 fully saturated rings. The Balaban J connectivity index is 2.03. The second-order valence-corrected chi connectivity index (χ2v) is 6.61. The maximum atomic E-state index is 12.1. The van der Waals surface area contributed by atoms with Gasteiger partial charge in [-0.05, 0) is 11.0 Å². The lowest BCUT2D eigenvalue weighted by Gasteiger charge is -2.28. The van der Waals surface area contributed by atoms with E-state index in [9.17, 15) is 9.90 Å². The number of aliphatic hydroxyl groups is 1. The van der Waals surface area contributed by atoms with E-state index in [-0.39, 0.29) is 17.0 Å². The first-order valence-corrected chi connectivity index (χ1v) is 7.39. The molecule has 112 valence electrons. The molecule has 3 nitrogen and oxygen atoms in total. The fraction of sp³-hybridized carbons (Fsp3) is 0.444. The van der Waals surface area contributed by atoms with Crippen LogP contribution in [-0.4, -0.2) is 23.6 Å². The molecule has 1 atom stereocenters. The molecule has 0 aliphatic heterocycles. The molecule has 0 aromatic heterocycles. The van der Waals surface area contributed by atoms with Gasteiger partial charge in [-0.1, -0.05) is 51.1 Å². The third-order valence-electron chi connectivity index (χ3n) is 3.86. The van der Waals surface area contributed by atoms with Crippen LogP contribution in [0, 0.1) is 5.41 Å². The van der Waals surface area contributed by atoms with Crippen LogP contribution in [0.3, 0.4) is 0 Å². The van der Waals surface area contributed by atoms with E-state index in [0.717, 1.165) is 0 Å². The van der Waals surface area contributed by atoms with Crippen LogP contribution in [0.25, 0.3) is 0 Å². The van der Waals surface area contributed by atoms with Crippen LogP contribution in [0.1, 0.15) is 45.1 Å². The van der Waals surface area contributed by atoms with Crippen LogP contribution in [0.2, 0.25) is 0 Å². The first-order chi connectivity index (χ1) is 9.89. The maximum absolute atomic E-state index is 12.1. The molecular weight excluding hydrogens is 262 g/mol. The highest BCUT2D eigenvalue weighted by molar-refractivity contribution is 6.14. The normalized spacial score (nSPS) is 20.0. The third-order valence-corrected chi connectivity index (χ3v) is 3.86. The lowest BCUT2D eigenvalue weighted by molar-refractivity contribution is -0.117. The minimum atomic E-state index is -0.157. The van der Waals surface area contributed by atoms with Crippen molar-refractivity contribution in [2.75, 3.05) is 6.54 Å². The number of carbonyl (C=O) groups excluding carboxylic acids is 1. The Labute approximate surface area is 126 Å². The zero-order valence-electron chi connectivity index (χ0n) is 13.0. The number of carbonyl (C=O) groups is 1. The molecular formula is C18H23NO2. The average Bonchev–Trinajstić information content (AvgIpc) is 2.41. The van der Waals surface area contributed by atoms with E-state index >= 15 is 0 Å². The van der Waals surface area contributed by atoms with Crippen LogP contribution >= 0.6 is 0 Å². The topological polar surface area (TPSA) is 49.7 Å². The molecule has 0 spiro atoms. The van der Waals surface area contributed by atoms with Gasteiger partial charge in [-0.15, -0.1) is 0 Å². The van der Waals surface area contributed by atoms with Crippen molar-refractivity contribution in [3.05, 3.63) is 47.2 Å². The molecule has 0 saturated heterocycles. The standard InChI is InChI=1S/C18H23NO2/c1-13(14-7-5-4-6-8-14)11-19-12-15-16(20)9-18(2,3)10-17(15)21/h4-8,12-13,20H,9-11H2,1-3H3/t13-/m1/s1. The molecule has 2 rings (SSSR count). The third kappa shape index (κ3) is 4.03. The van der Waals surface area contributed by atoms with Crippen molar-refractivity contribution in [2.24, 2.45) is 10.4 Å². The number of hydrogen-bond donors (Lipinski definition) is 1. The quantitative estimate of drug-likeness (QED) is 0.848. The van der Waals surface area contributed by atoms with Gasteiger partial charge in [-0.25, -0.2) is 0 Å². The summed E-state index contributed by atoms with van der Waals surface area (Å²) in [4.78, 5) is 16.4. The molecule has 1 N–H and O–H groups in total. The molecule has 0 amide bonds. The highest BCUT2D eigenvalue weighted by atomic mass is 16.3. The van der Waals surface area contributed by atoms with E-state index in [2.05, 4.69) is 24.0 Å². The summed E-state index contributed by atoms with van der Waals surface area (Å²) in [7, 11) is 0. The van der Waals surface area contributed by atoms with E-state index in [4.69, 9.17) is 0 Å². The molecule has 0 heterocycles. The van der Waals surface area contributed by atoms with Crippen molar-refractivity contribution in [1.29, 1.82) is 0 Å². The van der Waals surface area contributed by atoms with E-state index in [1.807, 2.05) is 32.0 Å². The summed E-state index contributed by atoms with van der Waals surface area (Å²) in [6.07, 6.45) is 2.55. The summed E-state index contributed by atoms with van der Waals surface area (Å²) >= 11 is 0. The van der Waals surface area contributed by atoms with Crippen LogP contribution in [0.15, 0.2) is 46.7 Å². The molecule has 0 unspecified atom stereocenters. The van der Waals surface area contributed by atoms with Crippen molar-refractivity contribution in [3.8, 4) is 0 Å². The maximum Gasteiger partial charge on any atom is 0.168 e. The smallest absolute Gasteiger partial charge is 0.168 e. The fourth-order valence-electron chi connectivity index (χ4n) is 2.64. The highest BCUT2D eigenvalue weighted by Crippen LogP contribution is 2.35. The number of hydrogen-bond acceptors (Lipinski definition) is 3. The number of Topliss-reactive ketones (excluding diaryl/α,β-unsaturated/α-hetero) is 1. The van der Waals surface area contributed by atoms with Crippen LogP contribution in [-0.2, 0) is 4.79 Å². The van der Waals surface area contributed by atoms with Gasteiger partial charge in [-0.2, -0.15) is 0 Å². The second-order valence-electron chi connectivity index (χ2n) is 6.61. The first-order valence-electron chi connectivity index (χ1n) is 7.39. The minimum Gasteiger partial charge on any atom is -0.511 e. The summed E-state index contributed by atoms with van der Waals surface area (Å²) in [6, 6.07) is 10.2. The van der Waals surface area contributed by atoms with Crippen molar-refractivity contribution >= 4 is 12.0 Å². The van der Waals surface area contributed by atoms with Gasteiger partial charge < -0.3 is 5.11 Å². The van der Waals surface area contributed by atoms with Crippen LogP contribution < -0.4 is 0 Å². The van der Waals surface area contributed by atoms with Gasteiger partial charge in [-0.3, -0.25) is 9.79 Å². The Morgan fingerprint density at radius 2 is 1.95 bits per heavy atom. The van der Waals surface area contributed by atoms with Gasteiger partial charge >= 0.3 is 0 Å². The monoisotopic (exact) mass is 285 g/mol. The van der Waals surface area contributed by atoms with E-state index in [0.29, 0.717) is 30.9 Å². The zero-order valence-corrected chi connectivity index (χ0v) is 13.0. The lowest BCUT2D eigenvalue weighted by Crippen LogP contribution is -2.26. The number of aliphatic hydroxyl groups excluding tert-OH is 1. The molecule has 1 aliphatic carbocycles. The lowest BCUT2D eigenvalue weighted by atomic mass is 9.77. The average molecular weight is 285 g/mol. The number of allylic oxidation sites excluding steroid dienone is 2. The Kier molecular flexibility index (Phi) is 4.61. The molecule has 3 heteroatoms. The van der Waals surface area contributed by atoms with E-state index < -0.39 is 0 Å². The summed E-state index contributed by atoms with van der Waals surface area (Å²) < 4.78 is 0. The predicted octanol–water partition coefficient (Wildman–Crippen LogP) is 4.06. The molecule has 0 bridgehead atoms. The highest BCUT2D eigenvalue weighted by Gasteiger charge is 2.32. The SMILES string of the molecule is C[C@H](CN=CC1=C(O)CC(C)(C)CC1=O)c1ccccc1. The van der Waals surface area contributed by atoms with Gasteiger partial charge in [0.1, 0.15) is 5.76 Å². The summed E-state index contributed by atoms with van der Waals surface area (Å²) in [5.41, 5.74) is 1.45. The summed E-state index contributed by atoms with van der Waals surface area (Å²) in [5.74, 6) is 0.451. The van der Waals surface area contributed by atoms with Crippen molar-refractivity contribution in [2.45, 2.75) is 39.5 Å². The van der Waals surface area contributed by atoms with E-state index in [1.54, 1.807) is 6.21 Å². The zero-order chi connectivity index (χ0) is 15.5. The van der Waals surface area contributed by atoms with Gasteiger partial charge in [0, 0.05) is 31.5 Å². The predicted molar refractivity (Wildman–Crippen MR) is 85.9 cm³/mol. The molecule has 0 saturated carbocycles. The fourth-order valence-corrected chi connectivity index (χ4v) is 2.64. The van der Waals surface area contributed by atoms with E-state index in [1.165, 1.54) is 5.56 Å². The molecule has 1 aromatic carbocycles. The van der Waals surface area contributed by atoms with Gasteiger partial charge in [0.05, 0.1) is 5.57 Å². The van der Waals surface area contributed by atoms with Crippen LogP contribution in [0.5, 0.6) is 0 Å². The molecule has 21 heavy (non-hydrogen) atoms. The van der Waals surface area contributed by atoms with Gasteiger partial charge in [0.25, 0.3) is 0 Å². The van der Waals surface area contributed by atoms with Crippen molar-refractivity contribution in [1.82, 2.24) is 0 Å². The Hall–Kier alpha value is -1.90. The Morgan fingerprint density at radius 1 is 1.29 bits per heavy atom. The summed E-state index contributed by atoms with van der Waals surface area (Å²) in [6.45, 7) is 6.70.